The molecule has 0 radical (unpaired) electrons. The van der Waals surface area contributed by atoms with Crippen molar-refractivity contribution in [2.45, 2.75) is 51.5 Å². The van der Waals surface area contributed by atoms with Crippen molar-refractivity contribution in [3.8, 4) is 0 Å². The van der Waals surface area contributed by atoms with Crippen LogP contribution in [0.2, 0.25) is 0 Å². The topological polar surface area (TPSA) is 75.4 Å². The molecule has 1 unspecified atom stereocenters. The Labute approximate surface area is 154 Å². The van der Waals surface area contributed by atoms with E-state index in [0.717, 1.165) is 30.8 Å². The highest BCUT2D eigenvalue weighted by Crippen LogP contribution is 2.33. The van der Waals surface area contributed by atoms with E-state index in [1.54, 1.807) is 0 Å². The van der Waals surface area contributed by atoms with Gasteiger partial charge in [0.15, 0.2) is 0 Å². The highest BCUT2D eigenvalue weighted by Gasteiger charge is 2.30. The van der Waals surface area contributed by atoms with Crippen molar-refractivity contribution in [2.75, 3.05) is 25.5 Å². The molecule has 1 aliphatic rings. The molecule has 2 aromatic heterocycles. The van der Waals surface area contributed by atoms with E-state index in [-0.39, 0.29) is 17.9 Å². The maximum atomic E-state index is 12.8. The third-order valence-corrected chi connectivity index (χ3v) is 4.71. The van der Waals surface area contributed by atoms with Crippen LogP contribution < -0.4 is 4.90 Å². The molecule has 1 atom stereocenters. The molecule has 0 N–H and O–H groups in total. The fourth-order valence-electron chi connectivity index (χ4n) is 3.26. The predicted molar refractivity (Wildman–Crippen MR) is 99.0 cm³/mol. The van der Waals surface area contributed by atoms with Crippen LogP contribution in [0.3, 0.4) is 0 Å². The van der Waals surface area contributed by atoms with Crippen molar-refractivity contribution in [1.82, 2.24) is 20.1 Å². The van der Waals surface area contributed by atoms with E-state index in [1.807, 2.05) is 50.0 Å². The number of carbonyl (C=O) groups excluding carboxylic acids is 1. The van der Waals surface area contributed by atoms with Gasteiger partial charge in [0.2, 0.25) is 17.7 Å². The lowest BCUT2D eigenvalue weighted by molar-refractivity contribution is -0.132. The summed E-state index contributed by atoms with van der Waals surface area (Å²) in [6, 6.07) is 4.21. The highest BCUT2D eigenvalue weighted by molar-refractivity contribution is 5.77. The SMILES string of the molecule is CC(C)c1nnc(CCC(=O)N2CCCC2c2ccnc(N(C)C)c2)o1. The molecular weight excluding hydrogens is 330 g/mol. The Morgan fingerprint density at radius 2 is 2.19 bits per heavy atom. The van der Waals surface area contributed by atoms with E-state index in [1.165, 1.54) is 0 Å². The lowest BCUT2D eigenvalue weighted by atomic mass is 10.1. The van der Waals surface area contributed by atoms with Gasteiger partial charge in [-0.2, -0.15) is 0 Å². The number of carbonyl (C=O) groups is 1. The van der Waals surface area contributed by atoms with Gasteiger partial charge in [-0.25, -0.2) is 4.98 Å². The van der Waals surface area contributed by atoms with Gasteiger partial charge in [0.1, 0.15) is 5.82 Å². The summed E-state index contributed by atoms with van der Waals surface area (Å²) >= 11 is 0. The van der Waals surface area contributed by atoms with E-state index in [9.17, 15) is 4.79 Å². The number of amides is 1. The molecule has 0 bridgehead atoms. The van der Waals surface area contributed by atoms with Gasteiger partial charge in [-0.3, -0.25) is 4.79 Å². The second-order valence-electron chi connectivity index (χ2n) is 7.28. The van der Waals surface area contributed by atoms with Crippen molar-refractivity contribution < 1.29 is 9.21 Å². The molecule has 3 heterocycles. The Balaban J connectivity index is 1.65. The maximum Gasteiger partial charge on any atom is 0.223 e. The zero-order chi connectivity index (χ0) is 18.7. The Hall–Kier alpha value is -2.44. The van der Waals surface area contributed by atoms with E-state index in [2.05, 4.69) is 21.2 Å². The van der Waals surface area contributed by atoms with E-state index >= 15 is 0 Å². The normalized spacial score (nSPS) is 17.1. The van der Waals surface area contributed by atoms with E-state index < -0.39 is 0 Å². The van der Waals surface area contributed by atoms with Crippen LogP contribution in [0.1, 0.15) is 62.4 Å². The van der Waals surface area contributed by atoms with Crippen LogP contribution in [0.25, 0.3) is 0 Å². The maximum absolute atomic E-state index is 12.8. The minimum Gasteiger partial charge on any atom is -0.425 e. The molecule has 7 heteroatoms. The van der Waals surface area contributed by atoms with E-state index in [0.29, 0.717) is 24.6 Å². The second-order valence-corrected chi connectivity index (χ2v) is 7.28. The number of pyridine rings is 1. The molecule has 0 aromatic carbocycles. The molecule has 0 aliphatic carbocycles. The van der Waals surface area contributed by atoms with Crippen LogP contribution in [-0.2, 0) is 11.2 Å². The number of rotatable bonds is 6. The van der Waals surface area contributed by atoms with Crippen molar-refractivity contribution in [1.29, 1.82) is 0 Å². The highest BCUT2D eigenvalue weighted by atomic mass is 16.4. The molecule has 2 aromatic rings. The summed E-state index contributed by atoms with van der Waals surface area (Å²) in [5.41, 5.74) is 1.15. The molecule has 1 fully saturated rings. The fourth-order valence-corrected chi connectivity index (χ4v) is 3.26. The van der Waals surface area contributed by atoms with Gasteiger partial charge < -0.3 is 14.2 Å². The zero-order valence-electron chi connectivity index (χ0n) is 16.0. The molecule has 1 amide bonds. The van der Waals surface area contributed by atoms with Gasteiger partial charge in [-0.15, -0.1) is 10.2 Å². The van der Waals surface area contributed by atoms with Crippen LogP contribution in [0.15, 0.2) is 22.7 Å². The molecule has 140 valence electrons. The first-order valence-electron chi connectivity index (χ1n) is 9.20. The van der Waals surface area contributed by atoms with Gasteiger partial charge in [0, 0.05) is 45.6 Å². The minimum absolute atomic E-state index is 0.123. The average Bonchev–Trinajstić information content (AvgIpc) is 3.29. The Morgan fingerprint density at radius 3 is 2.88 bits per heavy atom. The number of hydrogen-bond acceptors (Lipinski definition) is 6. The Bertz CT molecular complexity index is 756. The molecular formula is C19H27N5O2. The number of anilines is 1. The minimum atomic E-state index is 0.123. The monoisotopic (exact) mass is 357 g/mol. The van der Waals surface area contributed by atoms with Gasteiger partial charge in [0.25, 0.3) is 0 Å². The molecule has 1 aliphatic heterocycles. The first-order chi connectivity index (χ1) is 12.5. The van der Waals surface area contributed by atoms with Crippen LogP contribution in [0.5, 0.6) is 0 Å². The first-order valence-corrected chi connectivity index (χ1v) is 9.20. The van der Waals surface area contributed by atoms with E-state index in [4.69, 9.17) is 4.42 Å². The second kappa shape index (κ2) is 7.85. The first kappa shape index (κ1) is 18.4. The predicted octanol–water partition coefficient (Wildman–Crippen LogP) is 2.95. The van der Waals surface area contributed by atoms with Gasteiger partial charge in [-0.1, -0.05) is 13.8 Å². The largest absolute Gasteiger partial charge is 0.425 e. The summed E-state index contributed by atoms with van der Waals surface area (Å²) in [5, 5.41) is 8.07. The molecule has 0 spiro atoms. The average molecular weight is 357 g/mol. The number of aryl methyl sites for hydroxylation is 1. The third-order valence-electron chi connectivity index (χ3n) is 4.71. The summed E-state index contributed by atoms with van der Waals surface area (Å²) in [6.07, 6.45) is 4.70. The summed E-state index contributed by atoms with van der Waals surface area (Å²) < 4.78 is 5.60. The van der Waals surface area contributed by atoms with Gasteiger partial charge >= 0.3 is 0 Å². The zero-order valence-corrected chi connectivity index (χ0v) is 16.0. The van der Waals surface area contributed by atoms with Gasteiger partial charge in [-0.05, 0) is 30.5 Å². The Morgan fingerprint density at radius 1 is 1.38 bits per heavy atom. The summed E-state index contributed by atoms with van der Waals surface area (Å²) in [7, 11) is 3.94. The molecule has 3 rings (SSSR count). The summed E-state index contributed by atoms with van der Waals surface area (Å²) in [5.74, 6) is 2.41. The number of hydrogen-bond donors (Lipinski definition) is 0. The molecule has 0 saturated carbocycles. The van der Waals surface area contributed by atoms with Crippen LogP contribution in [-0.4, -0.2) is 46.6 Å². The van der Waals surface area contributed by atoms with Crippen molar-refractivity contribution in [2.24, 2.45) is 0 Å². The molecule has 7 nitrogen and oxygen atoms in total. The third kappa shape index (κ3) is 4.03. The molecule has 26 heavy (non-hydrogen) atoms. The number of likely N-dealkylation sites (tertiary alicyclic amines) is 1. The number of nitrogens with zero attached hydrogens (tertiary/aromatic N) is 5. The summed E-state index contributed by atoms with van der Waals surface area (Å²) in [6.45, 7) is 4.81. The lowest BCUT2D eigenvalue weighted by Crippen LogP contribution is -2.30. The van der Waals surface area contributed by atoms with Gasteiger partial charge in [0.05, 0.1) is 6.04 Å². The number of aromatic nitrogens is 3. The summed E-state index contributed by atoms with van der Waals surface area (Å²) in [4.78, 5) is 21.1. The van der Waals surface area contributed by atoms with Crippen LogP contribution in [0, 0.1) is 0 Å². The lowest BCUT2D eigenvalue weighted by Gasteiger charge is -2.25. The Kier molecular flexibility index (Phi) is 5.54. The van der Waals surface area contributed by atoms with Crippen LogP contribution >= 0.6 is 0 Å². The smallest absolute Gasteiger partial charge is 0.223 e. The fraction of sp³-hybridized carbons (Fsp3) is 0.579. The molecule has 1 saturated heterocycles. The van der Waals surface area contributed by atoms with Crippen molar-refractivity contribution >= 4 is 11.7 Å². The van der Waals surface area contributed by atoms with Crippen molar-refractivity contribution in [3.05, 3.63) is 35.7 Å². The standard InChI is InChI=1S/C19H27N5O2/c1-13(2)19-22-21-17(26-19)7-8-18(25)24-11-5-6-15(24)14-9-10-20-16(12-14)23(3)4/h9-10,12-13,15H,5-8,11H2,1-4H3. The quantitative estimate of drug-likeness (QED) is 0.791. The van der Waals surface area contributed by atoms with Crippen molar-refractivity contribution in [3.63, 3.8) is 0 Å². The van der Waals surface area contributed by atoms with Crippen LogP contribution in [0.4, 0.5) is 5.82 Å².